The van der Waals surface area contributed by atoms with Crippen LogP contribution in [0.2, 0.25) is 0 Å². The van der Waals surface area contributed by atoms with Crippen molar-refractivity contribution in [3.8, 4) is 12.0 Å². The Morgan fingerprint density at radius 2 is 2.06 bits per heavy atom. The molecule has 0 amide bonds. The molecule has 1 aliphatic heterocycles. The van der Waals surface area contributed by atoms with Gasteiger partial charge in [0.2, 0.25) is 5.95 Å². The number of ether oxygens (including phenoxy) is 3. The van der Waals surface area contributed by atoms with E-state index in [2.05, 4.69) is 20.3 Å². The van der Waals surface area contributed by atoms with Crippen molar-refractivity contribution in [3.05, 3.63) is 0 Å². The Morgan fingerprint density at radius 3 is 2.62 bits per heavy atom. The summed E-state index contributed by atoms with van der Waals surface area (Å²) in [6.07, 6.45) is 0.0292. The smallest absolute Gasteiger partial charge is 0.324 e. The van der Waals surface area contributed by atoms with Crippen molar-refractivity contribution in [3.63, 3.8) is 0 Å². The summed E-state index contributed by atoms with van der Waals surface area (Å²) in [5, 5.41) is 2.82. The van der Waals surface area contributed by atoms with Gasteiger partial charge in [-0.05, 0) is 6.92 Å². The molecule has 7 nitrogen and oxygen atoms in total. The summed E-state index contributed by atoms with van der Waals surface area (Å²) in [7, 11) is 1.72. The summed E-state index contributed by atoms with van der Waals surface area (Å²) in [5.41, 5.74) is 0. The van der Waals surface area contributed by atoms with Crippen LogP contribution in [0.4, 0.5) is 5.95 Å². The number of hydrogen-bond acceptors (Lipinski definition) is 7. The third-order valence-electron chi connectivity index (χ3n) is 1.97. The maximum Gasteiger partial charge on any atom is 0.324 e. The fourth-order valence-electron chi connectivity index (χ4n) is 1.13. The molecular formula is C9H14N4O3. The van der Waals surface area contributed by atoms with Crippen molar-refractivity contribution < 1.29 is 14.2 Å². The van der Waals surface area contributed by atoms with Crippen molar-refractivity contribution in [2.75, 3.05) is 32.2 Å². The van der Waals surface area contributed by atoms with Gasteiger partial charge < -0.3 is 19.5 Å². The molecule has 7 heteroatoms. The van der Waals surface area contributed by atoms with Crippen LogP contribution >= 0.6 is 0 Å². The van der Waals surface area contributed by atoms with Crippen molar-refractivity contribution in [1.29, 1.82) is 0 Å². The first-order valence-corrected chi connectivity index (χ1v) is 5.13. The number of anilines is 1. The van der Waals surface area contributed by atoms with Gasteiger partial charge in [0.05, 0.1) is 19.8 Å². The van der Waals surface area contributed by atoms with E-state index in [0.717, 1.165) is 0 Å². The highest BCUT2D eigenvalue weighted by molar-refractivity contribution is 5.26. The van der Waals surface area contributed by atoms with Gasteiger partial charge in [-0.2, -0.15) is 9.97 Å². The topological polar surface area (TPSA) is 78.4 Å². The van der Waals surface area contributed by atoms with Crippen LogP contribution in [0, 0.1) is 0 Å². The van der Waals surface area contributed by atoms with Gasteiger partial charge in [-0.25, -0.2) is 0 Å². The molecule has 0 bridgehead atoms. The fourth-order valence-corrected chi connectivity index (χ4v) is 1.13. The van der Waals surface area contributed by atoms with Crippen molar-refractivity contribution in [1.82, 2.24) is 15.0 Å². The predicted molar refractivity (Wildman–Crippen MR) is 55.8 cm³/mol. The first kappa shape index (κ1) is 10.9. The van der Waals surface area contributed by atoms with E-state index in [0.29, 0.717) is 25.8 Å². The Bertz CT molecular complexity index is 357. The van der Waals surface area contributed by atoms with Crippen LogP contribution in [-0.2, 0) is 4.74 Å². The lowest BCUT2D eigenvalue weighted by Crippen LogP contribution is -2.39. The van der Waals surface area contributed by atoms with Crippen molar-refractivity contribution in [2.45, 2.75) is 13.0 Å². The highest BCUT2D eigenvalue weighted by Gasteiger charge is 2.22. The Morgan fingerprint density at radius 1 is 1.31 bits per heavy atom. The van der Waals surface area contributed by atoms with Crippen molar-refractivity contribution in [2.24, 2.45) is 0 Å². The third kappa shape index (κ3) is 2.48. The van der Waals surface area contributed by atoms with Gasteiger partial charge in [-0.1, -0.05) is 0 Å². The maximum atomic E-state index is 5.47. The zero-order valence-electron chi connectivity index (χ0n) is 9.27. The van der Waals surface area contributed by atoms with Crippen LogP contribution in [0.1, 0.15) is 6.92 Å². The molecule has 0 aromatic carbocycles. The lowest BCUT2D eigenvalue weighted by Gasteiger charge is -2.25. The molecule has 0 saturated carbocycles. The van der Waals surface area contributed by atoms with E-state index >= 15 is 0 Å². The van der Waals surface area contributed by atoms with Gasteiger partial charge in [0.1, 0.15) is 6.10 Å². The summed E-state index contributed by atoms with van der Waals surface area (Å²) in [4.78, 5) is 12.1. The van der Waals surface area contributed by atoms with E-state index in [1.54, 1.807) is 7.05 Å². The highest BCUT2D eigenvalue weighted by Crippen LogP contribution is 2.16. The van der Waals surface area contributed by atoms with Gasteiger partial charge in [-0.3, -0.25) is 0 Å². The monoisotopic (exact) mass is 226 g/mol. The van der Waals surface area contributed by atoms with Gasteiger partial charge in [0.15, 0.2) is 0 Å². The third-order valence-corrected chi connectivity index (χ3v) is 1.97. The molecule has 0 atom stereocenters. The standard InChI is InChI=1S/C9H14N4O3/c1-3-15-8-11-7(10-2)12-9(13-8)16-6-4-14-5-6/h6H,3-5H2,1-2H3,(H,10,11,12,13). The number of nitrogens with one attached hydrogen (secondary N) is 1. The Balaban J connectivity index is 2.11. The molecule has 16 heavy (non-hydrogen) atoms. The van der Waals surface area contributed by atoms with Crippen LogP contribution in [-0.4, -0.2) is 47.9 Å². The molecule has 0 spiro atoms. The Kier molecular flexibility index (Phi) is 3.35. The minimum Gasteiger partial charge on any atom is -0.464 e. The molecule has 88 valence electrons. The molecule has 2 heterocycles. The molecule has 0 aliphatic carbocycles. The quantitative estimate of drug-likeness (QED) is 0.762. The highest BCUT2D eigenvalue weighted by atomic mass is 16.6. The van der Waals surface area contributed by atoms with E-state index in [9.17, 15) is 0 Å². The first-order chi connectivity index (χ1) is 7.81. The summed E-state index contributed by atoms with van der Waals surface area (Å²) in [6.45, 7) is 3.51. The van der Waals surface area contributed by atoms with Crippen LogP contribution in [0.25, 0.3) is 0 Å². The van der Waals surface area contributed by atoms with E-state index in [4.69, 9.17) is 14.2 Å². The minimum absolute atomic E-state index is 0.0292. The maximum absolute atomic E-state index is 5.47. The van der Waals surface area contributed by atoms with Crippen LogP contribution in [0.5, 0.6) is 12.0 Å². The van der Waals surface area contributed by atoms with Crippen LogP contribution in [0.15, 0.2) is 0 Å². The number of rotatable bonds is 5. The van der Waals surface area contributed by atoms with Gasteiger partial charge in [0, 0.05) is 7.05 Å². The molecule has 1 saturated heterocycles. The SMILES string of the molecule is CCOc1nc(NC)nc(OC2COC2)n1. The first-order valence-electron chi connectivity index (χ1n) is 5.13. The molecular weight excluding hydrogens is 212 g/mol. The zero-order chi connectivity index (χ0) is 11.4. The summed E-state index contributed by atoms with van der Waals surface area (Å²) in [6, 6.07) is 0.521. The summed E-state index contributed by atoms with van der Waals surface area (Å²) < 4.78 is 15.7. The number of hydrogen-bond donors (Lipinski definition) is 1. The molecule has 1 aromatic heterocycles. The van der Waals surface area contributed by atoms with Crippen LogP contribution in [0.3, 0.4) is 0 Å². The second-order valence-electron chi connectivity index (χ2n) is 3.18. The normalized spacial score (nSPS) is 15.4. The second kappa shape index (κ2) is 4.93. The second-order valence-corrected chi connectivity index (χ2v) is 3.18. The average molecular weight is 226 g/mol. The lowest BCUT2D eigenvalue weighted by atomic mass is 10.3. The summed E-state index contributed by atoms with van der Waals surface area (Å²) >= 11 is 0. The molecule has 0 unspecified atom stereocenters. The summed E-state index contributed by atoms with van der Waals surface area (Å²) in [5.74, 6) is 0.425. The van der Waals surface area contributed by atoms with Gasteiger partial charge in [-0.15, -0.1) is 4.98 Å². The Hall–Kier alpha value is -1.63. The predicted octanol–water partition coefficient (Wildman–Crippen LogP) is 0.0896. The number of nitrogens with zero attached hydrogens (tertiary/aromatic N) is 3. The molecule has 1 aromatic rings. The minimum atomic E-state index is 0.0292. The molecule has 1 fully saturated rings. The van der Waals surface area contributed by atoms with E-state index < -0.39 is 0 Å². The average Bonchev–Trinajstić information content (AvgIpc) is 2.24. The fraction of sp³-hybridized carbons (Fsp3) is 0.667. The largest absolute Gasteiger partial charge is 0.464 e. The van der Waals surface area contributed by atoms with Gasteiger partial charge in [0.25, 0.3) is 0 Å². The lowest BCUT2D eigenvalue weighted by molar-refractivity contribution is -0.0833. The number of aromatic nitrogens is 3. The molecule has 1 N–H and O–H groups in total. The van der Waals surface area contributed by atoms with Crippen LogP contribution < -0.4 is 14.8 Å². The van der Waals surface area contributed by atoms with E-state index in [-0.39, 0.29) is 18.1 Å². The van der Waals surface area contributed by atoms with E-state index in [1.165, 1.54) is 0 Å². The Labute approximate surface area is 93.2 Å². The zero-order valence-corrected chi connectivity index (χ0v) is 9.27. The van der Waals surface area contributed by atoms with Crippen molar-refractivity contribution >= 4 is 5.95 Å². The molecule has 2 rings (SSSR count). The van der Waals surface area contributed by atoms with E-state index in [1.807, 2.05) is 6.92 Å². The molecule has 1 aliphatic rings. The van der Waals surface area contributed by atoms with Gasteiger partial charge >= 0.3 is 12.0 Å². The molecule has 0 radical (unpaired) electrons.